The molecule has 0 radical (unpaired) electrons. The maximum absolute atomic E-state index is 11.3. The van der Waals surface area contributed by atoms with Gasteiger partial charge in [0, 0.05) is 5.56 Å². The Kier molecular flexibility index (Phi) is 6.66. The van der Waals surface area contributed by atoms with Gasteiger partial charge >= 0.3 is 6.09 Å². The number of ether oxygens (including phenoxy) is 2. The number of amides is 1. The van der Waals surface area contributed by atoms with Gasteiger partial charge in [-0.05, 0) is 74.8 Å². The zero-order valence-corrected chi connectivity index (χ0v) is 16.2. The van der Waals surface area contributed by atoms with E-state index >= 15 is 0 Å². The predicted octanol–water partition coefficient (Wildman–Crippen LogP) is 5.03. The average molecular weight is 381 g/mol. The Morgan fingerprint density at radius 3 is 2.57 bits per heavy atom. The SMILES string of the molecule is C=Nc1cc(-c2ccc3c(c2)COC(=O)N3)ccc1OC1CCCCC1.CN. The molecule has 0 atom stereocenters. The third kappa shape index (κ3) is 4.51. The predicted molar refractivity (Wildman–Crippen MR) is 113 cm³/mol. The summed E-state index contributed by atoms with van der Waals surface area (Å²) in [4.78, 5) is 15.5. The summed E-state index contributed by atoms with van der Waals surface area (Å²) < 4.78 is 11.2. The Morgan fingerprint density at radius 1 is 1.11 bits per heavy atom. The number of anilines is 1. The molecule has 0 saturated heterocycles. The van der Waals surface area contributed by atoms with Crippen LogP contribution in [0.25, 0.3) is 11.1 Å². The molecule has 0 bridgehead atoms. The largest absolute Gasteiger partial charge is 0.488 e. The molecular weight excluding hydrogens is 354 g/mol. The van der Waals surface area contributed by atoms with Gasteiger partial charge in [-0.2, -0.15) is 0 Å². The lowest BCUT2D eigenvalue weighted by atomic mass is 9.97. The second kappa shape index (κ2) is 9.37. The molecule has 1 saturated carbocycles. The summed E-state index contributed by atoms with van der Waals surface area (Å²) in [6.45, 7) is 3.98. The molecule has 2 aromatic carbocycles. The molecule has 28 heavy (non-hydrogen) atoms. The fourth-order valence-electron chi connectivity index (χ4n) is 3.59. The monoisotopic (exact) mass is 381 g/mol. The molecule has 0 unspecified atom stereocenters. The van der Waals surface area contributed by atoms with Crippen molar-refractivity contribution in [3.63, 3.8) is 0 Å². The minimum absolute atomic E-state index is 0.277. The second-order valence-electron chi connectivity index (χ2n) is 6.79. The van der Waals surface area contributed by atoms with Crippen LogP contribution in [0.4, 0.5) is 16.2 Å². The molecular formula is C22H27N3O3. The van der Waals surface area contributed by atoms with Crippen molar-refractivity contribution in [2.45, 2.75) is 44.8 Å². The summed E-state index contributed by atoms with van der Waals surface area (Å²) in [7, 11) is 1.50. The van der Waals surface area contributed by atoms with Crippen molar-refractivity contribution in [1.82, 2.24) is 0 Å². The molecule has 6 heteroatoms. The molecule has 3 N–H and O–H groups in total. The first-order valence-electron chi connectivity index (χ1n) is 9.65. The van der Waals surface area contributed by atoms with E-state index in [2.05, 4.69) is 22.8 Å². The number of fused-ring (bicyclic) bond motifs is 1. The first-order valence-corrected chi connectivity index (χ1v) is 9.65. The highest BCUT2D eigenvalue weighted by molar-refractivity contribution is 5.88. The average Bonchev–Trinajstić information content (AvgIpc) is 2.76. The topological polar surface area (TPSA) is 85.9 Å². The third-order valence-corrected chi connectivity index (χ3v) is 5.01. The van der Waals surface area contributed by atoms with Crippen molar-refractivity contribution in [2.75, 3.05) is 12.4 Å². The van der Waals surface area contributed by atoms with Crippen LogP contribution < -0.4 is 15.8 Å². The minimum Gasteiger partial charge on any atom is -0.488 e. The van der Waals surface area contributed by atoms with Crippen LogP contribution in [-0.2, 0) is 11.3 Å². The van der Waals surface area contributed by atoms with E-state index in [1.54, 1.807) is 0 Å². The number of hydrogen-bond donors (Lipinski definition) is 2. The quantitative estimate of drug-likeness (QED) is 0.727. The van der Waals surface area contributed by atoms with Gasteiger partial charge in [-0.15, -0.1) is 0 Å². The number of nitrogens with two attached hydrogens (primary N) is 1. The lowest BCUT2D eigenvalue weighted by molar-refractivity contribution is 0.151. The Balaban J connectivity index is 0.00000109. The van der Waals surface area contributed by atoms with E-state index in [0.717, 1.165) is 46.7 Å². The molecule has 1 heterocycles. The molecule has 1 aliphatic carbocycles. The van der Waals surface area contributed by atoms with Crippen molar-refractivity contribution in [3.8, 4) is 16.9 Å². The lowest BCUT2D eigenvalue weighted by Crippen LogP contribution is -2.20. The Bertz CT molecular complexity index is 845. The number of benzene rings is 2. The van der Waals surface area contributed by atoms with Gasteiger partial charge in [0.25, 0.3) is 0 Å². The van der Waals surface area contributed by atoms with E-state index < -0.39 is 6.09 Å². The van der Waals surface area contributed by atoms with Crippen molar-refractivity contribution in [1.29, 1.82) is 0 Å². The lowest BCUT2D eigenvalue weighted by Gasteiger charge is -2.24. The van der Waals surface area contributed by atoms with Crippen molar-refractivity contribution in [3.05, 3.63) is 42.0 Å². The molecule has 1 aliphatic heterocycles. The molecule has 6 nitrogen and oxygen atoms in total. The second-order valence-corrected chi connectivity index (χ2v) is 6.79. The first kappa shape index (κ1) is 19.9. The molecule has 148 valence electrons. The van der Waals surface area contributed by atoms with Crippen LogP contribution in [0.3, 0.4) is 0 Å². The highest BCUT2D eigenvalue weighted by Gasteiger charge is 2.18. The summed E-state index contributed by atoms with van der Waals surface area (Å²) in [5.41, 5.74) is 9.08. The number of cyclic esters (lactones) is 1. The van der Waals surface area contributed by atoms with Crippen LogP contribution in [0, 0.1) is 0 Å². The summed E-state index contributed by atoms with van der Waals surface area (Å²) >= 11 is 0. The van der Waals surface area contributed by atoms with Crippen LogP contribution in [0.2, 0.25) is 0 Å². The fourth-order valence-corrected chi connectivity index (χ4v) is 3.59. The van der Waals surface area contributed by atoms with E-state index in [0.29, 0.717) is 0 Å². The van der Waals surface area contributed by atoms with Crippen molar-refractivity contribution >= 4 is 24.2 Å². The summed E-state index contributed by atoms with van der Waals surface area (Å²) in [5, 5.41) is 2.71. The number of rotatable bonds is 4. The molecule has 1 fully saturated rings. The van der Waals surface area contributed by atoms with Crippen molar-refractivity contribution in [2.24, 2.45) is 10.7 Å². The minimum atomic E-state index is -0.410. The van der Waals surface area contributed by atoms with Crippen LogP contribution in [-0.4, -0.2) is 26.0 Å². The molecule has 4 rings (SSSR count). The number of aliphatic imine (C=N–C) groups is 1. The van der Waals surface area contributed by atoms with Gasteiger partial charge < -0.3 is 15.2 Å². The standard InChI is InChI=1S/C21H22N2O3.CH5N/c1-22-19-12-15(8-10-20(19)26-17-5-3-2-4-6-17)14-7-9-18-16(11-14)13-25-21(24)23-18;1-2/h7-12,17H,1-6,13H2,(H,23,24);2H2,1H3. The molecule has 1 amide bonds. The van der Waals surface area contributed by atoms with Crippen LogP contribution in [0.15, 0.2) is 41.4 Å². The molecule has 2 aliphatic rings. The van der Waals surface area contributed by atoms with Gasteiger partial charge in [0.05, 0.1) is 11.8 Å². The summed E-state index contributed by atoms with van der Waals surface area (Å²) in [6, 6.07) is 11.9. The fraction of sp³-hybridized carbons (Fsp3) is 0.364. The number of carbonyl (C=O) groups is 1. The first-order chi connectivity index (χ1) is 13.7. The normalized spacial score (nSPS) is 16.0. The maximum atomic E-state index is 11.3. The van der Waals surface area contributed by atoms with E-state index in [9.17, 15) is 4.79 Å². The third-order valence-electron chi connectivity index (χ3n) is 5.01. The van der Waals surface area contributed by atoms with Gasteiger partial charge in [-0.3, -0.25) is 10.3 Å². The van der Waals surface area contributed by atoms with Crippen LogP contribution >= 0.6 is 0 Å². The van der Waals surface area contributed by atoms with Gasteiger partial charge in [-0.25, -0.2) is 4.79 Å². The number of nitrogens with zero attached hydrogens (tertiary/aromatic N) is 1. The van der Waals surface area contributed by atoms with Gasteiger partial charge in [-0.1, -0.05) is 18.6 Å². The highest BCUT2D eigenvalue weighted by Crippen LogP contribution is 2.36. The molecule has 2 aromatic rings. The number of nitrogens with one attached hydrogen (secondary N) is 1. The van der Waals surface area contributed by atoms with Crippen LogP contribution in [0.5, 0.6) is 5.75 Å². The van der Waals surface area contributed by atoms with Gasteiger partial charge in [0.2, 0.25) is 0 Å². The number of carbonyl (C=O) groups excluding carboxylic acids is 1. The Hall–Kier alpha value is -2.86. The maximum Gasteiger partial charge on any atom is 0.411 e. The summed E-state index contributed by atoms with van der Waals surface area (Å²) in [6.07, 6.45) is 5.84. The van der Waals surface area contributed by atoms with Gasteiger partial charge in [0.1, 0.15) is 18.0 Å². The van der Waals surface area contributed by atoms with E-state index in [1.807, 2.05) is 36.4 Å². The Morgan fingerprint density at radius 2 is 1.82 bits per heavy atom. The van der Waals surface area contributed by atoms with E-state index in [4.69, 9.17) is 9.47 Å². The van der Waals surface area contributed by atoms with E-state index in [1.165, 1.54) is 26.3 Å². The smallest absolute Gasteiger partial charge is 0.411 e. The Labute approximate surface area is 165 Å². The highest BCUT2D eigenvalue weighted by atomic mass is 16.5. The van der Waals surface area contributed by atoms with Crippen LogP contribution in [0.1, 0.15) is 37.7 Å². The zero-order chi connectivity index (χ0) is 19.9. The van der Waals surface area contributed by atoms with E-state index in [-0.39, 0.29) is 12.7 Å². The zero-order valence-electron chi connectivity index (χ0n) is 16.2. The van der Waals surface area contributed by atoms with Gasteiger partial charge in [0.15, 0.2) is 0 Å². The molecule has 0 spiro atoms. The summed E-state index contributed by atoms with van der Waals surface area (Å²) in [5.74, 6) is 0.796. The molecule has 0 aromatic heterocycles. The van der Waals surface area contributed by atoms with Crippen molar-refractivity contribution < 1.29 is 14.3 Å². The number of hydrogen-bond acceptors (Lipinski definition) is 5.